The van der Waals surface area contributed by atoms with Gasteiger partial charge in [0.1, 0.15) is 0 Å². The lowest BCUT2D eigenvalue weighted by Gasteiger charge is -2.34. The molecule has 1 N–H and O–H groups in total. The van der Waals surface area contributed by atoms with Crippen LogP contribution < -0.4 is 0 Å². The Balaban J connectivity index is 1.97. The van der Waals surface area contributed by atoms with Gasteiger partial charge in [0, 0.05) is 22.0 Å². The SMILES string of the molecule is CCC1SCCSC1C(O)c1cccc2ccccc12. The summed E-state index contributed by atoms with van der Waals surface area (Å²) >= 11 is 3.96. The molecule has 3 heteroatoms. The molecule has 0 bridgehead atoms. The zero-order valence-corrected chi connectivity index (χ0v) is 13.3. The molecule has 1 fully saturated rings. The van der Waals surface area contributed by atoms with Crippen LogP contribution in [-0.4, -0.2) is 27.1 Å². The van der Waals surface area contributed by atoms with Gasteiger partial charge in [0.2, 0.25) is 0 Å². The van der Waals surface area contributed by atoms with Gasteiger partial charge in [-0.1, -0.05) is 49.4 Å². The quantitative estimate of drug-likeness (QED) is 0.901. The van der Waals surface area contributed by atoms with Crippen LogP contribution >= 0.6 is 23.5 Å². The molecule has 2 aromatic rings. The van der Waals surface area contributed by atoms with E-state index in [0.29, 0.717) is 10.5 Å². The van der Waals surface area contributed by atoms with Crippen LogP contribution in [0, 0.1) is 0 Å². The van der Waals surface area contributed by atoms with Gasteiger partial charge < -0.3 is 5.11 Å². The third-order valence-corrected chi connectivity index (χ3v) is 7.28. The highest BCUT2D eigenvalue weighted by atomic mass is 32.2. The molecule has 1 nitrogen and oxygen atoms in total. The van der Waals surface area contributed by atoms with E-state index in [-0.39, 0.29) is 6.10 Å². The summed E-state index contributed by atoms with van der Waals surface area (Å²) in [4.78, 5) is 0. The van der Waals surface area contributed by atoms with Crippen molar-refractivity contribution in [1.82, 2.24) is 0 Å². The van der Waals surface area contributed by atoms with Crippen molar-refractivity contribution in [3.8, 4) is 0 Å². The Morgan fingerprint density at radius 3 is 2.70 bits per heavy atom. The van der Waals surface area contributed by atoms with Crippen molar-refractivity contribution >= 4 is 34.3 Å². The fourth-order valence-corrected chi connectivity index (χ4v) is 6.04. The molecular weight excluding hydrogens is 284 g/mol. The maximum absolute atomic E-state index is 10.9. The Labute approximate surface area is 129 Å². The average molecular weight is 304 g/mol. The third-order valence-electron chi connectivity index (χ3n) is 3.95. The van der Waals surface area contributed by atoms with Crippen LogP contribution in [0.3, 0.4) is 0 Å². The summed E-state index contributed by atoms with van der Waals surface area (Å²) in [7, 11) is 0. The number of hydrogen-bond donors (Lipinski definition) is 1. The molecule has 0 aliphatic carbocycles. The minimum absolute atomic E-state index is 0.310. The van der Waals surface area contributed by atoms with E-state index >= 15 is 0 Å². The van der Waals surface area contributed by atoms with Gasteiger partial charge in [-0.25, -0.2) is 0 Å². The molecule has 0 spiro atoms. The van der Waals surface area contributed by atoms with E-state index in [0.717, 1.165) is 17.7 Å². The highest BCUT2D eigenvalue weighted by Gasteiger charge is 2.32. The van der Waals surface area contributed by atoms with Crippen molar-refractivity contribution in [3.63, 3.8) is 0 Å². The number of hydrogen-bond acceptors (Lipinski definition) is 3. The van der Waals surface area contributed by atoms with Gasteiger partial charge in [-0.05, 0) is 22.8 Å². The molecule has 0 saturated carbocycles. The number of benzene rings is 2. The second kappa shape index (κ2) is 6.42. The number of fused-ring (bicyclic) bond motifs is 1. The Kier molecular flexibility index (Phi) is 4.59. The molecule has 2 aromatic carbocycles. The molecule has 1 saturated heterocycles. The summed E-state index contributed by atoms with van der Waals surface area (Å²) in [6.45, 7) is 2.23. The highest BCUT2D eigenvalue weighted by molar-refractivity contribution is 8.07. The maximum Gasteiger partial charge on any atom is 0.0925 e. The maximum atomic E-state index is 10.9. The molecular formula is C17H20OS2. The number of aliphatic hydroxyl groups is 1. The van der Waals surface area contributed by atoms with Crippen molar-refractivity contribution in [2.45, 2.75) is 29.9 Å². The summed E-state index contributed by atoms with van der Waals surface area (Å²) in [6, 6.07) is 14.6. The first-order valence-corrected chi connectivity index (χ1v) is 9.30. The Hall–Kier alpha value is -0.640. The lowest BCUT2D eigenvalue weighted by molar-refractivity contribution is 0.174. The Bertz CT molecular complexity index is 579. The van der Waals surface area contributed by atoms with E-state index < -0.39 is 0 Å². The molecule has 1 aliphatic rings. The van der Waals surface area contributed by atoms with Crippen LogP contribution in [0.4, 0.5) is 0 Å². The lowest BCUT2D eigenvalue weighted by atomic mass is 9.97. The molecule has 3 atom stereocenters. The van der Waals surface area contributed by atoms with E-state index in [1.807, 2.05) is 23.5 Å². The fraction of sp³-hybridized carbons (Fsp3) is 0.412. The van der Waals surface area contributed by atoms with Crippen LogP contribution in [-0.2, 0) is 0 Å². The van der Waals surface area contributed by atoms with E-state index in [9.17, 15) is 5.11 Å². The molecule has 1 heterocycles. The van der Waals surface area contributed by atoms with Gasteiger partial charge in [0.15, 0.2) is 0 Å². The number of rotatable bonds is 3. The summed E-state index contributed by atoms with van der Waals surface area (Å²) in [6.07, 6.45) is 0.758. The highest BCUT2D eigenvalue weighted by Crippen LogP contribution is 2.41. The summed E-state index contributed by atoms with van der Waals surface area (Å²) < 4.78 is 0. The largest absolute Gasteiger partial charge is 0.387 e. The van der Waals surface area contributed by atoms with Gasteiger partial charge in [-0.3, -0.25) is 0 Å². The zero-order valence-electron chi connectivity index (χ0n) is 11.7. The summed E-state index contributed by atoms with van der Waals surface area (Å²) in [5.41, 5.74) is 1.08. The molecule has 0 aromatic heterocycles. The van der Waals surface area contributed by atoms with Crippen LogP contribution in [0.15, 0.2) is 42.5 Å². The second-order valence-corrected chi connectivity index (χ2v) is 7.80. The normalized spacial score (nSPS) is 24.7. The van der Waals surface area contributed by atoms with Crippen LogP contribution in [0.5, 0.6) is 0 Å². The molecule has 106 valence electrons. The van der Waals surface area contributed by atoms with Crippen molar-refractivity contribution < 1.29 is 5.11 Å². The minimum Gasteiger partial charge on any atom is -0.387 e. The van der Waals surface area contributed by atoms with E-state index in [4.69, 9.17) is 0 Å². The number of thioether (sulfide) groups is 2. The number of aliphatic hydroxyl groups excluding tert-OH is 1. The van der Waals surface area contributed by atoms with Gasteiger partial charge in [-0.15, -0.1) is 0 Å². The van der Waals surface area contributed by atoms with Gasteiger partial charge in [0.05, 0.1) is 6.10 Å². The first-order valence-electron chi connectivity index (χ1n) is 7.20. The van der Waals surface area contributed by atoms with E-state index in [1.54, 1.807) is 0 Å². The molecule has 3 unspecified atom stereocenters. The zero-order chi connectivity index (χ0) is 13.9. The topological polar surface area (TPSA) is 20.2 Å². The molecule has 20 heavy (non-hydrogen) atoms. The van der Waals surface area contributed by atoms with E-state index in [2.05, 4.69) is 49.4 Å². The first-order chi connectivity index (χ1) is 9.81. The molecule has 0 amide bonds. The molecule has 1 aliphatic heterocycles. The Morgan fingerprint density at radius 1 is 1.10 bits per heavy atom. The summed E-state index contributed by atoms with van der Waals surface area (Å²) in [5, 5.41) is 14.2. The van der Waals surface area contributed by atoms with Gasteiger partial charge in [-0.2, -0.15) is 23.5 Å². The van der Waals surface area contributed by atoms with Crippen molar-refractivity contribution in [3.05, 3.63) is 48.0 Å². The first kappa shape index (κ1) is 14.3. The van der Waals surface area contributed by atoms with Crippen LogP contribution in [0.2, 0.25) is 0 Å². The molecule has 3 rings (SSSR count). The van der Waals surface area contributed by atoms with Crippen LogP contribution in [0.25, 0.3) is 10.8 Å². The smallest absolute Gasteiger partial charge is 0.0925 e. The predicted octanol–water partition coefficient (Wildman–Crippen LogP) is 4.50. The van der Waals surface area contributed by atoms with Crippen molar-refractivity contribution in [1.29, 1.82) is 0 Å². The predicted molar refractivity (Wildman–Crippen MR) is 91.7 cm³/mol. The third kappa shape index (κ3) is 2.72. The van der Waals surface area contributed by atoms with Crippen LogP contribution in [0.1, 0.15) is 25.0 Å². The second-order valence-electron chi connectivity index (χ2n) is 5.17. The summed E-state index contributed by atoms with van der Waals surface area (Å²) in [5.74, 6) is 2.36. The standard InChI is InChI=1S/C17H20OS2/c1-2-15-17(20-11-10-19-15)16(18)14-9-5-7-12-6-3-4-8-13(12)14/h3-9,15-18H,2,10-11H2,1H3. The van der Waals surface area contributed by atoms with E-state index in [1.165, 1.54) is 16.5 Å². The van der Waals surface area contributed by atoms with Crippen molar-refractivity contribution in [2.24, 2.45) is 0 Å². The van der Waals surface area contributed by atoms with Gasteiger partial charge in [0.25, 0.3) is 0 Å². The van der Waals surface area contributed by atoms with Gasteiger partial charge >= 0.3 is 0 Å². The lowest BCUT2D eigenvalue weighted by Crippen LogP contribution is -2.31. The fourth-order valence-electron chi connectivity index (χ4n) is 2.92. The Morgan fingerprint density at radius 2 is 1.85 bits per heavy atom. The minimum atomic E-state index is -0.371. The van der Waals surface area contributed by atoms with Crippen molar-refractivity contribution in [2.75, 3.05) is 11.5 Å². The monoisotopic (exact) mass is 304 g/mol. The molecule has 0 radical (unpaired) electrons. The average Bonchev–Trinajstić information content (AvgIpc) is 2.53.